The van der Waals surface area contributed by atoms with E-state index >= 15 is 0 Å². The van der Waals surface area contributed by atoms with Gasteiger partial charge in [0.05, 0.1) is 17.4 Å². The number of aliphatic hydroxyl groups excluding tert-OH is 1. The number of aliphatic hydroxyl groups is 1. The second kappa shape index (κ2) is 6.60. The summed E-state index contributed by atoms with van der Waals surface area (Å²) >= 11 is 0. The molecule has 6 rings (SSSR count). The highest BCUT2D eigenvalue weighted by molar-refractivity contribution is 6.03. The zero-order chi connectivity index (χ0) is 21.5. The molecule has 7 atom stereocenters. The number of Topliss-reactive ketones (excluding diaryl/α,β-unsaturated/α-hetero) is 1. The Balaban J connectivity index is 1.35. The molecule has 0 unspecified atom stereocenters. The quantitative estimate of drug-likeness (QED) is 0.577. The average Bonchev–Trinajstić information content (AvgIpc) is 3.21. The van der Waals surface area contributed by atoms with E-state index in [2.05, 4.69) is 24.8 Å². The van der Waals surface area contributed by atoms with Gasteiger partial charge in [-0.2, -0.15) is 0 Å². The third-order valence-corrected chi connectivity index (χ3v) is 10.2. The zero-order valence-electron chi connectivity index (χ0n) is 19.1. The summed E-state index contributed by atoms with van der Waals surface area (Å²) in [6, 6.07) is 8.05. The van der Waals surface area contributed by atoms with Crippen LogP contribution in [0.1, 0.15) is 65.2 Å². The van der Waals surface area contributed by atoms with Crippen LogP contribution in [0, 0.1) is 34.5 Å². The molecule has 1 aliphatic heterocycles. The molecule has 4 aliphatic carbocycles. The molecule has 0 saturated heterocycles. The van der Waals surface area contributed by atoms with Gasteiger partial charge < -0.3 is 14.7 Å². The lowest BCUT2D eigenvalue weighted by molar-refractivity contribution is -0.143. The lowest BCUT2D eigenvalue weighted by Gasteiger charge is -2.60. The van der Waals surface area contributed by atoms with Crippen LogP contribution in [0.4, 0.5) is 5.69 Å². The molecule has 0 radical (unpaired) electrons. The van der Waals surface area contributed by atoms with Crippen molar-refractivity contribution >= 4 is 11.5 Å². The molecule has 1 aromatic rings. The van der Waals surface area contributed by atoms with Crippen LogP contribution in [0.5, 0.6) is 5.75 Å². The largest absolute Gasteiger partial charge is 0.438 e. The highest BCUT2D eigenvalue weighted by Crippen LogP contribution is 2.66. The number of hydrogen-bond donors (Lipinski definition) is 1. The molecule has 1 N–H and O–H groups in total. The number of ketones is 1. The number of rotatable bonds is 0. The monoisotopic (exact) mass is 421 g/mol. The van der Waals surface area contributed by atoms with Crippen molar-refractivity contribution in [2.75, 3.05) is 11.9 Å². The molecule has 4 fully saturated rings. The molecular formula is C27H35NO3. The summed E-state index contributed by atoms with van der Waals surface area (Å²) in [7, 11) is 2.02. The first-order chi connectivity index (χ1) is 14.8. The standard InChI is InChI=1S/C27H35NO3/c1-26-13-12-20-18(11-9-16-8-10-17(29)15-27(16,20)2)21(26)14-19(24(26)30)25-28(3)22-6-4-5-7-23(22)31-25/h4-7,16-18,20-21,29H,8-15H2,1-3H3/b25-19-/t16-,17-,18-,20+,21+,26+,27+/m1/s1. The van der Waals surface area contributed by atoms with Crippen molar-refractivity contribution in [2.24, 2.45) is 34.5 Å². The highest BCUT2D eigenvalue weighted by Gasteiger charge is 2.62. The van der Waals surface area contributed by atoms with Crippen molar-refractivity contribution in [2.45, 2.75) is 71.3 Å². The minimum Gasteiger partial charge on any atom is -0.438 e. The van der Waals surface area contributed by atoms with Crippen LogP contribution < -0.4 is 9.64 Å². The number of para-hydroxylation sites is 2. The minimum absolute atomic E-state index is 0.143. The van der Waals surface area contributed by atoms with Gasteiger partial charge in [0.25, 0.3) is 0 Å². The SMILES string of the molecule is CN1/C(=C2\C[C@H]3[C@@H]4CC[C@H]5CC[C@@H](O)C[C@]5(C)[C@H]4CC[C@]3(C)C2=O)Oc2ccccc21. The fourth-order valence-electron chi connectivity index (χ4n) is 8.52. The number of carbonyl (C=O) groups excluding carboxylic acids is 1. The maximum atomic E-state index is 13.8. The van der Waals surface area contributed by atoms with E-state index in [1.165, 1.54) is 19.3 Å². The number of ether oxygens (including phenoxy) is 1. The normalized spacial score (nSPS) is 46.1. The summed E-state index contributed by atoms with van der Waals surface area (Å²) in [6.45, 7) is 4.69. The van der Waals surface area contributed by atoms with E-state index in [4.69, 9.17) is 4.74 Å². The summed E-state index contributed by atoms with van der Waals surface area (Å²) in [6.07, 6.45) is 8.40. The fraction of sp³-hybridized carbons (Fsp3) is 0.667. The van der Waals surface area contributed by atoms with Gasteiger partial charge >= 0.3 is 0 Å². The smallest absolute Gasteiger partial charge is 0.207 e. The molecule has 4 nitrogen and oxygen atoms in total. The van der Waals surface area contributed by atoms with Gasteiger partial charge in [0.15, 0.2) is 11.5 Å². The highest BCUT2D eigenvalue weighted by atomic mass is 16.5. The Labute approximate surface area is 185 Å². The van der Waals surface area contributed by atoms with Crippen LogP contribution >= 0.6 is 0 Å². The fourth-order valence-corrected chi connectivity index (χ4v) is 8.52. The average molecular weight is 422 g/mol. The van der Waals surface area contributed by atoms with E-state index in [-0.39, 0.29) is 16.9 Å². The van der Waals surface area contributed by atoms with Gasteiger partial charge in [-0.1, -0.05) is 26.0 Å². The Morgan fingerprint density at radius 2 is 1.84 bits per heavy atom. The number of fused-ring (bicyclic) bond motifs is 6. The topological polar surface area (TPSA) is 49.8 Å². The molecular weight excluding hydrogens is 386 g/mol. The first-order valence-corrected chi connectivity index (χ1v) is 12.3. The van der Waals surface area contributed by atoms with Gasteiger partial charge in [0.2, 0.25) is 5.88 Å². The van der Waals surface area contributed by atoms with E-state index in [9.17, 15) is 9.90 Å². The van der Waals surface area contributed by atoms with Crippen molar-refractivity contribution in [3.8, 4) is 5.75 Å². The van der Waals surface area contributed by atoms with Crippen LogP contribution in [-0.2, 0) is 4.79 Å². The van der Waals surface area contributed by atoms with Crippen molar-refractivity contribution in [3.05, 3.63) is 35.7 Å². The molecule has 4 heteroatoms. The summed E-state index contributed by atoms with van der Waals surface area (Å²) in [5, 5.41) is 10.5. The summed E-state index contributed by atoms with van der Waals surface area (Å²) in [5.74, 6) is 4.29. The molecule has 4 saturated carbocycles. The second-order valence-corrected chi connectivity index (χ2v) is 11.5. The maximum absolute atomic E-state index is 13.8. The molecule has 31 heavy (non-hydrogen) atoms. The number of nitrogens with zero attached hydrogens (tertiary/aromatic N) is 1. The molecule has 0 aromatic heterocycles. The first kappa shape index (κ1) is 19.8. The number of hydrogen-bond acceptors (Lipinski definition) is 4. The Bertz CT molecular complexity index is 969. The Morgan fingerprint density at radius 3 is 2.65 bits per heavy atom. The predicted molar refractivity (Wildman–Crippen MR) is 121 cm³/mol. The van der Waals surface area contributed by atoms with Crippen LogP contribution in [0.3, 0.4) is 0 Å². The lowest BCUT2D eigenvalue weighted by atomic mass is 9.45. The van der Waals surface area contributed by atoms with E-state index in [1.54, 1.807) is 0 Å². The maximum Gasteiger partial charge on any atom is 0.207 e. The van der Waals surface area contributed by atoms with Crippen molar-refractivity contribution < 1.29 is 14.6 Å². The van der Waals surface area contributed by atoms with E-state index < -0.39 is 0 Å². The van der Waals surface area contributed by atoms with Gasteiger partial charge in [-0.05, 0) is 92.6 Å². The lowest BCUT2D eigenvalue weighted by Crippen LogP contribution is -2.54. The minimum atomic E-state index is -0.265. The first-order valence-electron chi connectivity index (χ1n) is 12.3. The molecule has 5 aliphatic rings. The third kappa shape index (κ3) is 2.60. The predicted octanol–water partition coefficient (Wildman–Crippen LogP) is 5.31. The van der Waals surface area contributed by atoms with Gasteiger partial charge in [-0.3, -0.25) is 4.79 Å². The van der Waals surface area contributed by atoms with Crippen LogP contribution in [-0.4, -0.2) is 24.0 Å². The number of benzene rings is 1. The van der Waals surface area contributed by atoms with Crippen molar-refractivity contribution in [1.82, 2.24) is 0 Å². The Hall–Kier alpha value is -1.81. The van der Waals surface area contributed by atoms with Gasteiger partial charge in [-0.25, -0.2) is 0 Å². The molecule has 166 valence electrons. The van der Waals surface area contributed by atoms with Gasteiger partial charge in [-0.15, -0.1) is 0 Å². The van der Waals surface area contributed by atoms with Crippen molar-refractivity contribution in [3.63, 3.8) is 0 Å². The van der Waals surface area contributed by atoms with E-state index in [0.717, 1.165) is 60.9 Å². The van der Waals surface area contributed by atoms with E-state index in [0.29, 0.717) is 23.5 Å². The van der Waals surface area contributed by atoms with Crippen LogP contribution in [0.2, 0.25) is 0 Å². The second-order valence-electron chi connectivity index (χ2n) is 11.5. The molecule has 1 heterocycles. The summed E-state index contributed by atoms with van der Waals surface area (Å²) in [5.41, 5.74) is 1.92. The number of carbonyl (C=O) groups is 1. The molecule has 0 bridgehead atoms. The van der Waals surface area contributed by atoms with Crippen LogP contribution in [0.15, 0.2) is 35.7 Å². The van der Waals surface area contributed by atoms with Crippen molar-refractivity contribution in [1.29, 1.82) is 0 Å². The van der Waals surface area contributed by atoms with Crippen LogP contribution in [0.25, 0.3) is 0 Å². The van der Waals surface area contributed by atoms with Gasteiger partial charge in [0.1, 0.15) is 0 Å². The molecule has 0 spiro atoms. The molecule has 0 amide bonds. The Morgan fingerprint density at radius 1 is 1.06 bits per heavy atom. The van der Waals surface area contributed by atoms with Gasteiger partial charge in [0, 0.05) is 12.5 Å². The number of allylic oxidation sites excluding steroid dienone is 1. The zero-order valence-corrected chi connectivity index (χ0v) is 19.1. The number of anilines is 1. The third-order valence-electron chi connectivity index (χ3n) is 10.2. The Kier molecular flexibility index (Phi) is 4.23. The van der Waals surface area contributed by atoms with E-state index in [1.807, 2.05) is 25.2 Å². The molecule has 1 aromatic carbocycles. The summed E-state index contributed by atoms with van der Waals surface area (Å²) < 4.78 is 6.23. The summed E-state index contributed by atoms with van der Waals surface area (Å²) in [4.78, 5) is 15.9.